The fraction of sp³-hybridized carbons (Fsp3) is 0.269. The topological polar surface area (TPSA) is 150 Å². The van der Waals surface area contributed by atoms with E-state index in [0.717, 1.165) is 21.5 Å². The zero-order valence-corrected chi connectivity index (χ0v) is 21.2. The first-order valence-electron chi connectivity index (χ1n) is 11.4. The first kappa shape index (κ1) is 27.2. The number of likely N-dealkylation sites (N-methyl/N-ethyl adjacent to an activating group) is 1. The van der Waals surface area contributed by atoms with Gasteiger partial charge in [-0.3, -0.25) is 14.6 Å². The quantitative estimate of drug-likeness (QED) is 0.409. The fourth-order valence-electron chi connectivity index (χ4n) is 3.79. The Morgan fingerprint density at radius 1 is 1.22 bits per heavy atom. The molecule has 0 aliphatic heterocycles. The van der Waals surface area contributed by atoms with E-state index in [0.29, 0.717) is 16.3 Å². The van der Waals surface area contributed by atoms with Crippen LogP contribution in [0.15, 0.2) is 42.5 Å². The lowest BCUT2D eigenvalue weighted by atomic mass is 10.1. The molecule has 3 amide bonds. The van der Waals surface area contributed by atoms with E-state index in [1.807, 2.05) is 31.2 Å². The summed E-state index contributed by atoms with van der Waals surface area (Å²) in [5, 5.41) is 19.9. The number of para-hydroxylation sites is 1. The highest BCUT2D eigenvalue weighted by Crippen LogP contribution is 2.32. The molecule has 0 saturated heterocycles. The number of urea groups is 1. The van der Waals surface area contributed by atoms with Crippen LogP contribution in [0.25, 0.3) is 10.9 Å². The normalized spacial score (nSPS) is 10.5. The Morgan fingerprint density at radius 2 is 1.95 bits per heavy atom. The van der Waals surface area contributed by atoms with Gasteiger partial charge < -0.3 is 25.4 Å². The number of hydrogen-bond donors (Lipinski definition) is 2. The van der Waals surface area contributed by atoms with Crippen molar-refractivity contribution >= 4 is 46.1 Å². The van der Waals surface area contributed by atoms with Crippen molar-refractivity contribution in [3.63, 3.8) is 0 Å². The molecule has 37 heavy (non-hydrogen) atoms. The number of ether oxygens (including phenoxy) is 1. The third-order valence-corrected chi connectivity index (χ3v) is 6.07. The molecule has 192 valence electrons. The summed E-state index contributed by atoms with van der Waals surface area (Å²) in [6, 6.07) is 13.7. The van der Waals surface area contributed by atoms with E-state index in [4.69, 9.17) is 27.2 Å². The van der Waals surface area contributed by atoms with Crippen LogP contribution in [0.1, 0.15) is 29.7 Å². The number of fused-ring (bicyclic) bond motifs is 1. The number of pyridine rings is 1. The number of primary amides is 1. The molecular weight excluding hydrogens is 498 g/mol. The van der Waals surface area contributed by atoms with Gasteiger partial charge in [0.15, 0.2) is 0 Å². The molecule has 0 aliphatic carbocycles. The van der Waals surface area contributed by atoms with Gasteiger partial charge in [0.1, 0.15) is 25.0 Å². The lowest BCUT2D eigenvalue weighted by Crippen LogP contribution is -2.44. The summed E-state index contributed by atoms with van der Waals surface area (Å²) < 4.78 is 6.07. The molecule has 2 aromatic carbocycles. The van der Waals surface area contributed by atoms with Gasteiger partial charge in [0.2, 0.25) is 5.91 Å². The fourth-order valence-corrected chi connectivity index (χ4v) is 4.00. The van der Waals surface area contributed by atoms with Gasteiger partial charge in [-0.25, -0.2) is 4.79 Å². The standard InChI is InChI=1S/C26H26ClN5O5/c1-16-12-23(17-6-3-4-7-21(17)30-16)37-15-19-18(13-28)22(10-9-20(19)27)31(2)24(33)14-32(26(29)36)11-5-8-25(34)35/h3-4,6-7,9-10,12H,5,8,11,14-15H2,1-2H3,(H2,29,36)(H,34,35). The van der Waals surface area contributed by atoms with Gasteiger partial charge in [0, 0.05) is 47.7 Å². The monoisotopic (exact) mass is 523 g/mol. The number of rotatable bonds is 10. The second kappa shape index (κ2) is 12.1. The largest absolute Gasteiger partial charge is 0.488 e. The van der Waals surface area contributed by atoms with Crippen molar-refractivity contribution in [1.29, 1.82) is 5.26 Å². The first-order chi connectivity index (χ1) is 17.6. The number of halogens is 1. The number of benzene rings is 2. The number of aromatic nitrogens is 1. The SMILES string of the molecule is Cc1cc(OCc2c(Cl)ccc(N(C)C(=O)CN(CCCC(=O)O)C(N)=O)c2C#N)c2ccccc2n1. The number of nitrogens with two attached hydrogens (primary N) is 1. The molecule has 3 N–H and O–H groups in total. The second-order valence-corrected chi connectivity index (χ2v) is 8.72. The summed E-state index contributed by atoms with van der Waals surface area (Å²) in [4.78, 5) is 42.3. The summed E-state index contributed by atoms with van der Waals surface area (Å²) in [7, 11) is 1.47. The minimum Gasteiger partial charge on any atom is -0.488 e. The molecule has 10 nitrogen and oxygen atoms in total. The Kier molecular flexibility index (Phi) is 8.87. The number of nitriles is 1. The smallest absolute Gasteiger partial charge is 0.315 e. The highest BCUT2D eigenvalue weighted by atomic mass is 35.5. The number of aryl methyl sites for hydroxylation is 1. The Morgan fingerprint density at radius 3 is 2.62 bits per heavy atom. The van der Waals surface area contributed by atoms with Crippen LogP contribution >= 0.6 is 11.6 Å². The minimum absolute atomic E-state index is 0.00529. The zero-order valence-electron chi connectivity index (χ0n) is 20.4. The van der Waals surface area contributed by atoms with Crippen molar-refractivity contribution in [2.24, 2.45) is 5.73 Å². The van der Waals surface area contributed by atoms with Crippen LogP contribution in [0.5, 0.6) is 5.75 Å². The van der Waals surface area contributed by atoms with E-state index < -0.39 is 17.9 Å². The maximum Gasteiger partial charge on any atom is 0.315 e. The van der Waals surface area contributed by atoms with Crippen LogP contribution in [0.2, 0.25) is 5.02 Å². The number of carbonyl (C=O) groups excluding carboxylic acids is 2. The van der Waals surface area contributed by atoms with Crippen LogP contribution < -0.4 is 15.4 Å². The molecule has 0 spiro atoms. The zero-order chi connectivity index (χ0) is 27.1. The molecule has 0 aliphatic rings. The number of hydrogen-bond acceptors (Lipinski definition) is 6. The first-order valence-corrected chi connectivity index (χ1v) is 11.7. The number of aliphatic carboxylic acids is 1. The molecule has 11 heteroatoms. The van der Waals surface area contributed by atoms with Gasteiger partial charge in [-0.1, -0.05) is 23.7 Å². The average Bonchev–Trinajstić information content (AvgIpc) is 2.85. The maximum absolute atomic E-state index is 13.0. The van der Waals surface area contributed by atoms with Gasteiger partial charge in [0.05, 0.1) is 16.8 Å². The third-order valence-electron chi connectivity index (χ3n) is 5.72. The van der Waals surface area contributed by atoms with Gasteiger partial charge >= 0.3 is 12.0 Å². The highest BCUT2D eigenvalue weighted by Gasteiger charge is 2.23. The molecule has 3 aromatic rings. The predicted molar refractivity (Wildman–Crippen MR) is 138 cm³/mol. The Hall–Kier alpha value is -4.36. The predicted octanol–water partition coefficient (Wildman–Crippen LogP) is 3.86. The molecule has 0 unspecified atom stereocenters. The van der Waals surface area contributed by atoms with Crippen molar-refractivity contribution in [3.8, 4) is 11.8 Å². The summed E-state index contributed by atoms with van der Waals surface area (Å²) in [5.41, 5.74) is 7.72. The number of amides is 3. The summed E-state index contributed by atoms with van der Waals surface area (Å²) in [5.74, 6) is -0.954. The molecule has 1 aromatic heterocycles. The number of carboxylic acid groups (broad SMARTS) is 1. The van der Waals surface area contributed by atoms with E-state index in [2.05, 4.69) is 11.1 Å². The lowest BCUT2D eigenvalue weighted by Gasteiger charge is -2.25. The summed E-state index contributed by atoms with van der Waals surface area (Å²) in [6.45, 7) is 1.44. The number of carbonyl (C=O) groups is 3. The third kappa shape index (κ3) is 6.65. The van der Waals surface area contributed by atoms with Gasteiger partial charge in [-0.15, -0.1) is 0 Å². The Labute approximate surface area is 218 Å². The lowest BCUT2D eigenvalue weighted by molar-refractivity contribution is -0.137. The van der Waals surface area contributed by atoms with E-state index in [1.54, 1.807) is 12.1 Å². The molecular formula is C26H26ClN5O5. The summed E-state index contributed by atoms with van der Waals surface area (Å²) >= 11 is 6.42. The molecule has 3 rings (SSSR count). The molecule has 0 radical (unpaired) electrons. The number of nitrogens with zero attached hydrogens (tertiary/aromatic N) is 4. The maximum atomic E-state index is 13.0. The highest BCUT2D eigenvalue weighted by molar-refractivity contribution is 6.31. The molecule has 1 heterocycles. The number of carboxylic acids is 1. The van der Waals surface area contributed by atoms with Crippen LogP contribution in [0.3, 0.4) is 0 Å². The second-order valence-electron chi connectivity index (χ2n) is 8.31. The van der Waals surface area contributed by atoms with Crippen molar-refractivity contribution in [1.82, 2.24) is 9.88 Å². The van der Waals surface area contributed by atoms with Crippen molar-refractivity contribution < 1.29 is 24.2 Å². The van der Waals surface area contributed by atoms with E-state index in [1.165, 1.54) is 18.0 Å². The Bertz CT molecular complexity index is 1390. The van der Waals surface area contributed by atoms with Crippen molar-refractivity contribution in [2.45, 2.75) is 26.4 Å². The van der Waals surface area contributed by atoms with Crippen LogP contribution in [0.4, 0.5) is 10.5 Å². The molecule has 0 fully saturated rings. The van der Waals surface area contributed by atoms with Crippen molar-refractivity contribution in [2.75, 3.05) is 25.0 Å². The van der Waals surface area contributed by atoms with Crippen LogP contribution in [-0.2, 0) is 16.2 Å². The van der Waals surface area contributed by atoms with E-state index in [9.17, 15) is 19.6 Å². The average molecular weight is 524 g/mol. The van der Waals surface area contributed by atoms with E-state index in [-0.39, 0.29) is 43.8 Å². The minimum atomic E-state index is -1.02. The Balaban J connectivity index is 1.84. The molecule has 0 saturated carbocycles. The van der Waals surface area contributed by atoms with Gasteiger partial charge in [0.25, 0.3) is 0 Å². The molecule has 0 bridgehead atoms. The van der Waals surface area contributed by atoms with E-state index >= 15 is 0 Å². The summed E-state index contributed by atoms with van der Waals surface area (Å²) in [6.07, 6.45) is -0.0243. The molecule has 0 atom stereocenters. The van der Waals surface area contributed by atoms with Gasteiger partial charge in [-0.2, -0.15) is 5.26 Å². The van der Waals surface area contributed by atoms with Crippen molar-refractivity contribution in [3.05, 3.63) is 64.3 Å². The number of anilines is 1. The van der Waals surface area contributed by atoms with Gasteiger partial charge in [-0.05, 0) is 37.6 Å². The van der Waals surface area contributed by atoms with Crippen LogP contribution in [-0.4, -0.2) is 53.0 Å². The van der Waals surface area contributed by atoms with Crippen LogP contribution in [0, 0.1) is 18.3 Å².